The van der Waals surface area contributed by atoms with Gasteiger partial charge in [-0.1, -0.05) is 6.07 Å². The number of benzene rings is 1. The molecule has 0 spiro atoms. The molecule has 1 N–H and O–H groups in total. The largest absolute Gasteiger partial charge is 0.383 e. The summed E-state index contributed by atoms with van der Waals surface area (Å²) in [6.45, 7) is 1.98. The second-order valence-electron chi connectivity index (χ2n) is 6.96. The van der Waals surface area contributed by atoms with Crippen molar-refractivity contribution in [3.8, 4) is 6.07 Å². The number of aromatic nitrogens is 2. The van der Waals surface area contributed by atoms with Crippen molar-refractivity contribution < 1.29 is 19.0 Å². The van der Waals surface area contributed by atoms with Gasteiger partial charge in [-0.15, -0.1) is 0 Å². The lowest BCUT2D eigenvalue weighted by Crippen LogP contribution is -2.43. The number of aliphatic hydroxyl groups is 1. The van der Waals surface area contributed by atoms with Gasteiger partial charge in [-0.3, -0.25) is 4.79 Å². The Morgan fingerprint density at radius 2 is 2.22 bits per heavy atom. The molecule has 3 heterocycles. The number of hydrogen-bond acceptors (Lipinski definition) is 5. The molecule has 2 atom stereocenters. The zero-order valence-corrected chi connectivity index (χ0v) is 14.6. The Morgan fingerprint density at radius 1 is 1.44 bits per heavy atom. The van der Waals surface area contributed by atoms with Crippen LogP contribution in [0.1, 0.15) is 35.7 Å². The molecule has 1 fully saturated rings. The third-order valence-electron chi connectivity index (χ3n) is 5.31. The molecular formula is C19H19FN4O3. The molecule has 2 aliphatic rings. The SMILES string of the molecule is N#Cc1ccc(C2CC(O)(CC(=O)N3CCOCC3)c3cncn32)c(F)c1. The first-order valence-electron chi connectivity index (χ1n) is 8.81. The maximum Gasteiger partial charge on any atom is 0.226 e. The topological polar surface area (TPSA) is 91.4 Å². The quantitative estimate of drug-likeness (QED) is 0.880. The molecule has 140 valence electrons. The third-order valence-corrected chi connectivity index (χ3v) is 5.31. The van der Waals surface area contributed by atoms with Crippen molar-refractivity contribution in [3.63, 3.8) is 0 Å². The number of nitrogens with zero attached hydrogens (tertiary/aromatic N) is 4. The second-order valence-corrected chi connectivity index (χ2v) is 6.96. The highest BCUT2D eigenvalue weighted by Crippen LogP contribution is 2.45. The minimum Gasteiger partial charge on any atom is -0.383 e. The summed E-state index contributed by atoms with van der Waals surface area (Å²) in [5, 5.41) is 20.2. The molecular weight excluding hydrogens is 351 g/mol. The average Bonchev–Trinajstić information content (AvgIpc) is 3.26. The highest BCUT2D eigenvalue weighted by atomic mass is 19.1. The fourth-order valence-electron chi connectivity index (χ4n) is 3.90. The summed E-state index contributed by atoms with van der Waals surface area (Å²) in [7, 11) is 0. The van der Waals surface area contributed by atoms with Crippen LogP contribution >= 0.6 is 0 Å². The summed E-state index contributed by atoms with van der Waals surface area (Å²) in [4.78, 5) is 18.4. The number of carbonyl (C=O) groups is 1. The zero-order chi connectivity index (χ0) is 19.0. The van der Waals surface area contributed by atoms with Crippen molar-refractivity contribution in [3.05, 3.63) is 53.4 Å². The fourth-order valence-corrected chi connectivity index (χ4v) is 3.90. The predicted octanol–water partition coefficient (Wildman–Crippen LogP) is 1.32. The summed E-state index contributed by atoms with van der Waals surface area (Å²) in [5.74, 6) is -0.669. The Labute approximate surface area is 155 Å². The molecule has 1 aromatic heterocycles. The maximum atomic E-state index is 14.5. The van der Waals surface area contributed by atoms with Gasteiger partial charge in [-0.2, -0.15) is 5.26 Å². The van der Waals surface area contributed by atoms with Crippen molar-refractivity contribution in [1.29, 1.82) is 5.26 Å². The number of amides is 1. The van der Waals surface area contributed by atoms with Gasteiger partial charge in [-0.05, 0) is 12.1 Å². The fraction of sp³-hybridized carbons (Fsp3) is 0.421. The average molecular weight is 370 g/mol. The van der Waals surface area contributed by atoms with Gasteiger partial charge in [-0.25, -0.2) is 9.37 Å². The number of morpholine rings is 1. The number of halogens is 1. The highest BCUT2D eigenvalue weighted by Gasteiger charge is 2.46. The van der Waals surface area contributed by atoms with Crippen LogP contribution in [0, 0.1) is 17.1 Å². The molecule has 0 saturated carbocycles. The van der Waals surface area contributed by atoms with Crippen LogP contribution in [0.5, 0.6) is 0 Å². The Morgan fingerprint density at radius 3 is 2.93 bits per heavy atom. The maximum absolute atomic E-state index is 14.5. The normalized spacial score (nSPS) is 24.5. The van der Waals surface area contributed by atoms with Gasteiger partial charge in [0.1, 0.15) is 11.4 Å². The van der Waals surface area contributed by atoms with Gasteiger partial charge in [0.2, 0.25) is 5.91 Å². The lowest BCUT2D eigenvalue weighted by molar-refractivity contribution is -0.141. The van der Waals surface area contributed by atoms with E-state index in [-0.39, 0.29) is 24.3 Å². The molecule has 2 aliphatic heterocycles. The van der Waals surface area contributed by atoms with Crippen LogP contribution in [0.2, 0.25) is 0 Å². The van der Waals surface area contributed by atoms with Crippen LogP contribution in [0.4, 0.5) is 4.39 Å². The third kappa shape index (κ3) is 3.09. The predicted molar refractivity (Wildman–Crippen MR) is 92.0 cm³/mol. The van der Waals surface area contributed by atoms with E-state index in [0.29, 0.717) is 37.6 Å². The van der Waals surface area contributed by atoms with E-state index in [9.17, 15) is 14.3 Å². The van der Waals surface area contributed by atoms with E-state index in [4.69, 9.17) is 10.00 Å². The molecule has 8 heteroatoms. The summed E-state index contributed by atoms with van der Waals surface area (Å²) in [6, 6.07) is 5.70. The van der Waals surface area contributed by atoms with Gasteiger partial charge < -0.3 is 19.3 Å². The second kappa shape index (κ2) is 6.76. The Kier molecular flexibility index (Phi) is 4.42. The van der Waals surface area contributed by atoms with Crippen LogP contribution in [-0.2, 0) is 15.1 Å². The lowest BCUT2D eigenvalue weighted by Gasteiger charge is -2.30. The van der Waals surface area contributed by atoms with Crippen LogP contribution in [0.25, 0.3) is 0 Å². The lowest BCUT2D eigenvalue weighted by atomic mass is 9.89. The van der Waals surface area contributed by atoms with Crippen LogP contribution < -0.4 is 0 Å². The Bertz CT molecular complexity index is 916. The van der Waals surface area contributed by atoms with E-state index in [1.54, 1.807) is 21.6 Å². The van der Waals surface area contributed by atoms with E-state index in [2.05, 4.69) is 4.98 Å². The first kappa shape index (κ1) is 17.6. The molecule has 0 radical (unpaired) electrons. The molecule has 4 rings (SSSR count). The number of nitriles is 1. The zero-order valence-electron chi connectivity index (χ0n) is 14.6. The highest BCUT2D eigenvalue weighted by molar-refractivity contribution is 5.77. The number of carbonyl (C=O) groups excluding carboxylic acids is 1. The number of fused-ring (bicyclic) bond motifs is 1. The molecule has 2 aromatic rings. The molecule has 7 nitrogen and oxygen atoms in total. The monoisotopic (exact) mass is 370 g/mol. The van der Waals surface area contributed by atoms with Crippen LogP contribution in [-0.4, -0.2) is 51.8 Å². The Balaban J connectivity index is 1.62. The molecule has 1 aromatic carbocycles. The van der Waals surface area contributed by atoms with Crippen molar-refractivity contribution in [2.45, 2.75) is 24.5 Å². The van der Waals surface area contributed by atoms with Gasteiger partial charge in [0.05, 0.1) is 55.5 Å². The standard InChI is InChI=1S/C19H19FN4O3/c20-15-7-13(10-21)1-2-14(15)16-8-19(26,17-11-22-12-24(16)17)9-18(25)23-3-5-27-6-4-23/h1-2,7,11-12,16,26H,3-6,8-9H2. The molecule has 1 amide bonds. The van der Waals surface area contributed by atoms with Gasteiger partial charge in [0.15, 0.2) is 0 Å². The summed E-state index contributed by atoms with van der Waals surface area (Å²) in [6.07, 6.45) is 3.14. The van der Waals surface area contributed by atoms with E-state index < -0.39 is 17.5 Å². The number of imidazole rings is 1. The summed E-state index contributed by atoms with van der Waals surface area (Å²) in [5.41, 5.74) is -0.324. The smallest absolute Gasteiger partial charge is 0.226 e. The van der Waals surface area contributed by atoms with Gasteiger partial charge in [0.25, 0.3) is 0 Å². The molecule has 0 aliphatic carbocycles. The minimum absolute atomic E-state index is 0.0902. The minimum atomic E-state index is -1.42. The number of ether oxygens (including phenoxy) is 1. The van der Waals surface area contributed by atoms with Crippen molar-refractivity contribution in [1.82, 2.24) is 14.5 Å². The summed E-state index contributed by atoms with van der Waals surface area (Å²) < 4.78 is 21.5. The van der Waals surface area contributed by atoms with Gasteiger partial charge >= 0.3 is 0 Å². The molecule has 0 bridgehead atoms. The Hall–Kier alpha value is -2.76. The van der Waals surface area contributed by atoms with Crippen LogP contribution in [0.3, 0.4) is 0 Å². The van der Waals surface area contributed by atoms with Crippen molar-refractivity contribution in [2.24, 2.45) is 0 Å². The van der Waals surface area contributed by atoms with Crippen molar-refractivity contribution in [2.75, 3.05) is 26.3 Å². The van der Waals surface area contributed by atoms with E-state index in [1.807, 2.05) is 6.07 Å². The van der Waals surface area contributed by atoms with Crippen molar-refractivity contribution >= 4 is 5.91 Å². The van der Waals surface area contributed by atoms with Crippen LogP contribution in [0.15, 0.2) is 30.7 Å². The number of rotatable bonds is 3. The molecule has 1 saturated heterocycles. The summed E-state index contributed by atoms with van der Waals surface area (Å²) >= 11 is 0. The van der Waals surface area contributed by atoms with E-state index >= 15 is 0 Å². The molecule has 2 unspecified atom stereocenters. The number of hydrogen-bond donors (Lipinski definition) is 1. The first-order chi connectivity index (χ1) is 13.0. The molecule has 27 heavy (non-hydrogen) atoms. The first-order valence-corrected chi connectivity index (χ1v) is 8.81. The van der Waals surface area contributed by atoms with E-state index in [1.165, 1.54) is 18.6 Å². The van der Waals surface area contributed by atoms with Gasteiger partial charge in [0, 0.05) is 25.1 Å². The van der Waals surface area contributed by atoms with E-state index in [0.717, 1.165) is 0 Å².